The number of carboxylic acid groups (broad SMARTS) is 1. The van der Waals surface area contributed by atoms with E-state index in [0.29, 0.717) is 29.9 Å². The van der Waals surface area contributed by atoms with Crippen LogP contribution in [0.15, 0.2) is 24.4 Å². The van der Waals surface area contributed by atoms with Crippen LogP contribution in [0.1, 0.15) is 42.9 Å². The van der Waals surface area contributed by atoms with Crippen LogP contribution in [0.5, 0.6) is 0 Å². The minimum absolute atomic E-state index is 0.334. The standard InChI is InChI=1S/C15H19N3O3/c1-3-7-11-13(14(19)17-10(4-2)15(20)21)18-9-6-5-8-12(18)16-11/h5-6,8-10H,3-4,7H2,1-2H3,(H,17,19)(H,20,21). The fourth-order valence-corrected chi connectivity index (χ4v) is 2.26. The van der Waals surface area contributed by atoms with Gasteiger partial charge in [0.05, 0.1) is 5.69 Å². The van der Waals surface area contributed by atoms with E-state index in [1.165, 1.54) is 0 Å². The van der Waals surface area contributed by atoms with Crippen molar-refractivity contribution in [3.8, 4) is 0 Å². The van der Waals surface area contributed by atoms with Gasteiger partial charge in [0.25, 0.3) is 5.91 Å². The van der Waals surface area contributed by atoms with Gasteiger partial charge in [0.1, 0.15) is 17.4 Å². The number of pyridine rings is 1. The molecule has 112 valence electrons. The predicted octanol–water partition coefficient (Wildman–Crippen LogP) is 1.88. The van der Waals surface area contributed by atoms with Gasteiger partial charge in [-0.2, -0.15) is 0 Å². The van der Waals surface area contributed by atoms with E-state index in [1.807, 2.05) is 25.1 Å². The number of amides is 1. The zero-order valence-electron chi connectivity index (χ0n) is 12.2. The van der Waals surface area contributed by atoms with Gasteiger partial charge in [0.2, 0.25) is 0 Å². The van der Waals surface area contributed by atoms with Gasteiger partial charge in [-0.25, -0.2) is 9.78 Å². The Hall–Kier alpha value is -2.37. The number of nitrogens with zero attached hydrogens (tertiary/aromatic N) is 2. The zero-order valence-corrected chi connectivity index (χ0v) is 12.2. The number of hydrogen-bond acceptors (Lipinski definition) is 3. The molecule has 0 spiro atoms. The summed E-state index contributed by atoms with van der Waals surface area (Å²) in [6.45, 7) is 3.73. The number of carboxylic acids is 1. The molecular formula is C15H19N3O3. The molecule has 2 rings (SSSR count). The molecule has 0 saturated heterocycles. The van der Waals surface area contributed by atoms with Gasteiger partial charge in [-0.3, -0.25) is 9.20 Å². The number of rotatable bonds is 6. The summed E-state index contributed by atoms with van der Waals surface area (Å²) in [5.74, 6) is -1.43. The van der Waals surface area contributed by atoms with Crippen LogP contribution in [0.3, 0.4) is 0 Å². The van der Waals surface area contributed by atoms with Gasteiger partial charge in [-0.05, 0) is 25.0 Å². The first kappa shape index (κ1) is 15.0. The summed E-state index contributed by atoms with van der Waals surface area (Å²) in [7, 11) is 0. The SMILES string of the molecule is CCCc1nc2ccccn2c1C(=O)NC(CC)C(=O)O. The largest absolute Gasteiger partial charge is 0.480 e. The van der Waals surface area contributed by atoms with Crippen LogP contribution in [0.25, 0.3) is 5.65 Å². The topological polar surface area (TPSA) is 83.7 Å². The number of aromatic nitrogens is 2. The molecule has 6 nitrogen and oxygen atoms in total. The average molecular weight is 289 g/mol. The molecule has 0 aliphatic carbocycles. The van der Waals surface area contributed by atoms with E-state index >= 15 is 0 Å². The fraction of sp³-hybridized carbons (Fsp3) is 0.400. The highest BCUT2D eigenvalue weighted by atomic mass is 16.4. The summed E-state index contributed by atoms with van der Waals surface area (Å²) in [5.41, 5.74) is 1.81. The highest BCUT2D eigenvalue weighted by molar-refractivity contribution is 5.97. The Morgan fingerprint density at radius 2 is 2.14 bits per heavy atom. The summed E-state index contributed by atoms with van der Waals surface area (Å²) in [4.78, 5) is 28.0. The molecule has 1 amide bonds. The number of carbonyl (C=O) groups is 2. The fourth-order valence-electron chi connectivity index (χ4n) is 2.26. The van der Waals surface area contributed by atoms with E-state index in [1.54, 1.807) is 17.5 Å². The molecule has 0 aliphatic rings. The summed E-state index contributed by atoms with van der Waals surface area (Å²) in [6.07, 6.45) is 3.63. The van der Waals surface area contributed by atoms with Crippen molar-refractivity contribution in [3.05, 3.63) is 35.8 Å². The van der Waals surface area contributed by atoms with Gasteiger partial charge in [0, 0.05) is 6.20 Å². The number of aliphatic carboxylic acids is 1. The molecule has 2 heterocycles. The van der Waals surface area contributed by atoms with Crippen LogP contribution < -0.4 is 5.32 Å². The molecule has 21 heavy (non-hydrogen) atoms. The Morgan fingerprint density at radius 1 is 1.38 bits per heavy atom. The summed E-state index contributed by atoms with van der Waals surface area (Å²) < 4.78 is 1.70. The molecule has 0 fully saturated rings. The molecule has 2 aromatic rings. The Morgan fingerprint density at radius 3 is 2.76 bits per heavy atom. The van der Waals surface area contributed by atoms with Crippen LogP contribution >= 0.6 is 0 Å². The minimum Gasteiger partial charge on any atom is -0.480 e. The number of hydrogen-bond donors (Lipinski definition) is 2. The molecule has 6 heteroatoms. The van der Waals surface area contributed by atoms with E-state index in [0.717, 1.165) is 6.42 Å². The lowest BCUT2D eigenvalue weighted by molar-refractivity contribution is -0.139. The third-order valence-corrected chi connectivity index (χ3v) is 3.32. The molecule has 0 saturated carbocycles. The molecule has 1 atom stereocenters. The highest BCUT2D eigenvalue weighted by Crippen LogP contribution is 2.15. The first-order valence-electron chi connectivity index (χ1n) is 7.08. The Labute approximate surface area is 122 Å². The lowest BCUT2D eigenvalue weighted by Gasteiger charge is -2.12. The third-order valence-electron chi connectivity index (χ3n) is 3.32. The molecule has 1 unspecified atom stereocenters. The monoisotopic (exact) mass is 289 g/mol. The second kappa shape index (κ2) is 6.39. The van der Waals surface area contributed by atoms with Crippen LogP contribution in [0.4, 0.5) is 0 Å². The first-order chi connectivity index (χ1) is 10.1. The number of aryl methyl sites for hydroxylation is 1. The van der Waals surface area contributed by atoms with E-state index < -0.39 is 17.9 Å². The van der Waals surface area contributed by atoms with E-state index in [4.69, 9.17) is 5.11 Å². The van der Waals surface area contributed by atoms with Crippen molar-refractivity contribution in [1.29, 1.82) is 0 Å². The van der Waals surface area contributed by atoms with Crippen molar-refractivity contribution in [2.24, 2.45) is 0 Å². The Kier molecular flexibility index (Phi) is 4.57. The molecule has 0 radical (unpaired) electrons. The molecule has 2 aromatic heterocycles. The normalized spacial score (nSPS) is 12.3. The second-order valence-electron chi connectivity index (χ2n) is 4.86. The lowest BCUT2D eigenvalue weighted by Crippen LogP contribution is -2.41. The van der Waals surface area contributed by atoms with Crippen LogP contribution in [-0.2, 0) is 11.2 Å². The second-order valence-corrected chi connectivity index (χ2v) is 4.86. The van der Waals surface area contributed by atoms with Crippen molar-refractivity contribution in [3.63, 3.8) is 0 Å². The maximum absolute atomic E-state index is 12.5. The van der Waals surface area contributed by atoms with Crippen LogP contribution in [-0.4, -0.2) is 32.4 Å². The molecule has 2 N–H and O–H groups in total. The van der Waals surface area contributed by atoms with E-state index in [-0.39, 0.29) is 0 Å². The number of fused-ring (bicyclic) bond motifs is 1. The van der Waals surface area contributed by atoms with Gasteiger partial charge in [0.15, 0.2) is 0 Å². The predicted molar refractivity (Wildman–Crippen MR) is 78.4 cm³/mol. The maximum atomic E-state index is 12.5. The van der Waals surface area contributed by atoms with Crippen molar-refractivity contribution < 1.29 is 14.7 Å². The Balaban J connectivity index is 2.41. The molecule has 0 aromatic carbocycles. The molecule has 0 bridgehead atoms. The van der Waals surface area contributed by atoms with Crippen molar-refractivity contribution in [2.75, 3.05) is 0 Å². The number of nitrogens with one attached hydrogen (secondary N) is 1. The van der Waals surface area contributed by atoms with Gasteiger partial charge in [-0.1, -0.05) is 26.3 Å². The average Bonchev–Trinajstić information content (AvgIpc) is 2.82. The number of imidazole rings is 1. The van der Waals surface area contributed by atoms with E-state index in [9.17, 15) is 9.59 Å². The quantitative estimate of drug-likeness (QED) is 0.850. The van der Waals surface area contributed by atoms with Crippen LogP contribution in [0, 0.1) is 0 Å². The van der Waals surface area contributed by atoms with Gasteiger partial charge in [-0.15, -0.1) is 0 Å². The summed E-state index contributed by atoms with van der Waals surface area (Å²) in [5, 5.41) is 11.6. The van der Waals surface area contributed by atoms with Crippen molar-refractivity contribution in [2.45, 2.75) is 39.2 Å². The highest BCUT2D eigenvalue weighted by Gasteiger charge is 2.23. The molecule has 0 aliphatic heterocycles. The first-order valence-corrected chi connectivity index (χ1v) is 7.08. The Bertz CT molecular complexity index is 663. The number of carbonyl (C=O) groups excluding carboxylic acids is 1. The van der Waals surface area contributed by atoms with Crippen LogP contribution in [0.2, 0.25) is 0 Å². The zero-order chi connectivity index (χ0) is 15.4. The third kappa shape index (κ3) is 3.04. The lowest BCUT2D eigenvalue weighted by atomic mass is 10.1. The molecular weight excluding hydrogens is 270 g/mol. The smallest absolute Gasteiger partial charge is 0.326 e. The van der Waals surface area contributed by atoms with Crippen molar-refractivity contribution >= 4 is 17.5 Å². The summed E-state index contributed by atoms with van der Waals surface area (Å²) in [6, 6.07) is 4.60. The van der Waals surface area contributed by atoms with E-state index in [2.05, 4.69) is 10.3 Å². The summed E-state index contributed by atoms with van der Waals surface area (Å²) >= 11 is 0. The maximum Gasteiger partial charge on any atom is 0.326 e. The minimum atomic E-state index is -1.03. The van der Waals surface area contributed by atoms with Crippen molar-refractivity contribution in [1.82, 2.24) is 14.7 Å². The van der Waals surface area contributed by atoms with Gasteiger partial charge >= 0.3 is 5.97 Å². The van der Waals surface area contributed by atoms with Gasteiger partial charge < -0.3 is 10.4 Å².